The summed E-state index contributed by atoms with van der Waals surface area (Å²) in [5.74, 6) is -1.59. The highest BCUT2D eigenvalue weighted by atomic mass is 32.1. The summed E-state index contributed by atoms with van der Waals surface area (Å²) >= 11 is 1.14. The number of thiophene rings is 1. The fourth-order valence-corrected chi connectivity index (χ4v) is 3.52. The van der Waals surface area contributed by atoms with E-state index in [-0.39, 0.29) is 31.0 Å². The average molecular weight is 417 g/mol. The van der Waals surface area contributed by atoms with Gasteiger partial charge in [0.25, 0.3) is 17.7 Å². The summed E-state index contributed by atoms with van der Waals surface area (Å²) in [6.07, 6.45) is -1.18. The van der Waals surface area contributed by atoms with Gasteiger partial charge < -0.3 is 25.4 Å². The Morgan fingerprint density at radius 2 is 2.07 bits per heavy atom. The van der Waals surface area contributed by atoms with Gasteiger partial charge in [-0.15, -0.1) is 11.3 Å². The molecule has 2 aromatic rings. The van der Waals surface area contributed by atoms with Gasteiger partial charge in [-0.1, -0.05) is 12.1 Å². The van der Waals surface area contributed by atoms with Gasteiger partial charge in [-0.25, -0.2) is 0 Å². The third kappa shape index (κ3) is 4.72. The van der Waals surface area contributed by atoms with Crippen LogP contribution < -0.4 is 20.7 Å². The van der Waals surface area contributed by atoms with Crippen molar-refractivity contribution in [2.24, 2.45) is 5.73 Å². The first-order valence-corrected chi connectivity index (χ1v) is 9.64. The van der Waals surface area contributed by atoms with E-state index >= 15 is 0 Å². The zero-order valence-corrected chi connectivity index (χ0v) is 16.4. The molecule has 0 radical (unpaired) electrons. The van der Waals surface area contributed by atoms with Crippen LogP contribution in [0.4, 0.5) is 10.7 Å². The fraction of sp³-hybridized carbons (Fsp3) is 0.263. The van der Waals surface area contributed by atoms with Crippen LogP contribution in [-0.4, -0.2) is 42.9 Å². The molecule has 0 aliphatic carbocycles. The minimum absolute atomic E-state index is 0.0940. The zero-order valence-electron chi connectivity index (χ0n) is 15.5. The van der Waals surface area contributed by atoms with Crippen molar-refractivity contribution < 1.29 is 28.7 Å². The number of fused-ring (bicyclic) bond motifs is 1. The fourth-order valence-electron chi connectivity index (χ4n) is 2.73. The normalized spacial score (nSPS) is 13.8. The first kappa shape index (κ1) is 20.3. The van der Waals surface area contributed by atoms with E-state index in [1.807, 2.05) is 0 Å². The van der Waals surface area contributed by atoms with Crippen LogP contribution >= 0.6 is 11.3 Å². The number of benzene rings is 1. The highest BCUT2D eigenvalue weighted by molar-refractivity contribution is 7.14. The molecule has 2 heterocycles. The number of amides is 3. The lowest BCUT2D eigenvalue weighted by molar-refractivity contribution is -0.153. The standard InChI is InChI=1S/C19H19N3O6S/c1-11(18(26)21-19-12(17(20)25)7-9-29-19)28-16(24)6-8-22-13-4-2-3-5-14(13)27-10-15(22)23/h2-5,7,9,11H,6,8,10H2,1H3,(H2,20,25)(H,21,26)/t11-/m1/s1. The Hall–Kier alpha value is -3.40. The molecule has 0 saturated heterocycles. The number of primary amides is 1. The van der Waals surface area contributed by atoms with Crippen molar-refractivity contribution in [1.82, 2.24) is 0 Å². The van der Waals surface area contributed by atoms with Gasteiger partial charge in [-0.2, -0.15) is 0 Å². The molecule has 3 rings (SSSR count). The molecule has 1 atom stereocenters. The summed E-state index contributed by atoms with van der Waals surface area (Å²) in [6, 6.07) is 8.52. The van der Waals surface area contributed by atoms with Crippen LogP contribution in [0.1, 0.15) is 23.7 Å². The highest BCUT2D eigenvalue weighted by Gasteiger charge is 2.26. The number of esters is 1. The first-order chi connectivity index (χ1) is 13.9. The molecule has 0 bridgehead atoms. The topological polar surface area (TPSA) is 128 Å². The van der Waals surface area contributed by atoms with Gasteiger partial charge in [0, 0.05) is 6.54 Å². The second kappa shape index (κ2) is 8.74. The lowest BCUT2D eigenvalue weighted by atomic mass is 10.2. The number of hydrogen-bond donors (Lipinski definition) is 2. The number of carbonyl (C=O) groups excluding carboxylic acids is 4. The number of ether oxygens (including phenoxy) is 2. The Bertz CT molecular complexity index is 957. The Kier molecular flexibility index (Phi) is 6.13. The van der Waals surface area contributed by atoms with E-state index in [2.05, 4.69) is 5.32 Å². The van der Waals surface area contributed by atoms with E-state index in [1.165, 1.54) is 17.9 Å². The lowest BCUT2D eigenvalue weighted by Crippen LogP contribution is -2.40. The molecule has 3 amide bonds. The number of nitrogens with zero attached hydrogens (tertiary/aromatic N) is 1. The van der Waals surface area contributed by atoms with Crippen LogP contribution in [0.5, 0.6) is 5.75 Å². The molecular weight excluding hydrogens is 398 g/mol. The number of para-hydroxylation sites is 2. The number of nitrogens with one attached hydrogen (secondary N) is 1. The smallest absolute Gasteiger partial charge is 0.308 e. The van der Waals surface area contributed by atoms with Crippen molar-refractivity contribution in [2.45, 2.75) is 19.4 Å². The monoisotopic (exact) mass is 417 g/mol. The molecule has 0 unspecified atom stereocenters. The first-order valence-electron chi connectivity index (χ1n) is 8.76. The van der Waals surface area contributed by atoms with Gasteiger partial charge in [0.1, 0.15) is 10.8 Å². The molecule has 29 heavy (non-hydrogen) atoms. The van der Waals surface area contributed by atoms with E-state index in [4.69, 9.17) is 15.2 Å². The molecule has 1 aliphatic heterocycles. The van der Waals surface area contributed by atoms with Crippen molar-refractivity contribution in [1.29, 1.82) is 0 Å². The molecule has 9 nitrogen and oxygen atoms in total. The van der Waals surface area contributed by atoms with Crippen LogP contribution in [0.3, 0.4) is 0 Å². The van der Waals surface area contributed by atoms with E-state index in [0.29, 0.717) is 16.4 Å². The molecule has 0 fully saturated rings. The van der Waals surface area contributed by atoms with E-state index in [1.54, 1.807) is 29.6 Å². The van der Waals surface area contributed by atoms with Crippen LogP contribution in [0, 0.1) is 0 Å². The molecule has 0 spiro atoms. The van der Waals surface area contributed by atoms with Crippen LogP contribution in [0.2, 0.25) is 0 Å². The third-order valence-corrected chi connectivity index (χ3v) is 5.02. The molecule has 1 aromatic carbocycles. The van der Waals surface area contributed by atoms with Crippen LogP contribution in [0.15, 0.2) is 35.7 Å². The van der Waals surface area contributed by atoms with E-state index < -0.39 is 23.9 Å². The molecular formula is C19H19N3O6S. The molecule has 10 heteroatoms. The molecule has 152 valence electrons. The van der Waals surface area contributed by atoms with Crippen molar-refractivity contribution in [2.75, 3.05) is 23.4 Å². The van der Waals surface area contributed by atoms with Crippen molar-refractivity contribution in [3.05, 3.63) is 41.3 Å². The van der Waals surface area contributed by atoms with Gasteiger partial charge in [0.05, 0.1) is 17.7 Å². The Morgan fingerprint density at radius 1 is 1.31 bits per heavy atom. The predicted molar refractivity (Wildman–Crippen MR) is 106 cm³/mol. The summed E-state index contributed by atoms with van der Waals surface area (Å²) in [7, 11) is 0. The van der Waals surface area contributed by atoms with Gasteiger partial charge >= 0.3 is 5.97 Å². The Balaban J connectivity index is 1.54. The summed E-state index contributed by atoms with van der Waals surface area (Å²) in [5.41, 5.74) is 6.01. The van der Waals surface area contributed by atoms with Crippen molar-refractivity contribution in [3.8, 4) is 5.75 Å². The van der Waals surface area contributed by atoms with Crippen molar-refractivity contribution in [3.63, 3.8) is 0 Å². The third-order valence-electron chi connectivity index (χ3n) is 4.19. The minimum atomic E-state index is -1.09. The van der Waals surface area contributed by atoms with Gasteiger partial charge in [-0.3, -0.25) is 19.2 Å². The molecule has 0 saturated carbocycles. The maximum atomic E-state index is 12.2. The second-order valence-electron chi connectivity index (χ2n) is 6.20. The van der Waals surface area contributed by atoms with Gasteiger partial charge in [-0.05, 0) is 30.5 Å². The SMILES string of the molecule is C[C@@H](OC(=O)CCN1C(=O)COc2ccccc21)C(=O)Nc1sccc1C(N)=O. The van der Waals surface area contributed by atoms with Crippen molar-refractivity contribution >= 4 is 45.7 Å². The maximum absolute atomic E-state index is 12.2. The highest BCUT2D eigenvalue weighted by Crippen LogP contribution is 2.31. The number of rotatable bonds is 7. The molecule has 1 aliphatic rings. The molecule has 1 aromatic heterocycles. The summed E-state index contributed by atoms with van der Waals surface area (Å²) in [6.45, 7) is 1.41. The maximum Gasteiger partial charge on any atom is 0.308 e. The van der Waals surface area contributed by atoms with Gasteiger partial charge in [0.2, 0.25) is 0 Å². The van der Waals surface area contributed by atoms with Crippen LogP contribution in [0.25, 0.3) is 0 Å². The Morgan fingerprint density at radius 3 is 2.83 bits per heavy atom. The average Bonchev–Trinajstić information content (AvgIpc) is 3.15. The largest absolute Gasteiger partial charge is 0.482 e. The Labute approximate surface area is 170 Å². The number of carbonyl (C=O) groups is 4. The van der Waals surface area contributed by atoms with Gasteiger partial charge in [0.15, 0.2) is 12.7 Å². The number of nitrogens with two attached hydrogens (primary N) is 1. The number of anilines is 2. The molecule has 3 N–H and O–H groups in total. The van der Waals surface area contributed by atoms with E-state index in [9.17, 15) is 19.2 Å². The van der Waals surface area contributed by atoms with E-state index in [0.717, 1.165) is 11.3 Å². The summed E-state index contributed by atoms with van der Waals surface area (Å²) in [4.78, 5) is 49.3. The number of hydrogen-bond acceptors (Lipinski definition) is 7. The quantitative estimate of drug-likeness (QED) is 0.658. The summed E-state index contributed by atoms with van der Waals surface area (Å²) < 4.78 is 10.5. The van der Waals surface area contributed by atoms with Crippen LogP contribution in [-0.2, 0) is 19.1 Å². The zero-order chi connectivity index (χ0) is 21.0. The lowest BCUT2D eigenvalue weighted by Gasteiger charge is -2.29. The second-order valence-corrected chi connectivity index (χ2v) is 7.12. The predicted octanol–water partition coefficient (Wildman–Crippen LogP) is 1.53. The summed E-state index contributed by atoms with van der Waals surface area (Å²) in [5, 5.41) is 4.43. The minimum Gasteiger partial charge on any atom is -0.482 e.